The van der Waals surface area contributed by atoms with Crippen molar-refractivity contribution in [3.8, 4) is 0 Å². The third kappa shape index (κ3) is 4.25. The molecule has 1 N–H and O–H groups in total. The maximum absolute atomic E-state index is 12.6. The van der Waals surface area contributed by atoms with E-state index in [1.54, 1.807) is 18.1 Å². The lowest BCUT2D eigenvalue weighted by atomic mass is 10.2. The second-order valence-electron chi connectivity index (χ2n) is 5.94. The molecule has 1 fully saturated rings. The van der Waals surface area contributed by atoms with E-state index in [0.29, 0.717) is 38.0 Å². The van der Waals surface area contributed by atoms with Gasteiger partial charge in [0, 0.05) is 39.3 Å². The van der Waals surface area contributed by atoms with Crippen molar-refractivity contribution in [3.63, 3.8) is 0 Å². The van der Waals surface area contributed by atoms with Crippen LogP contribution in [0.2, 0.25) is 0 Å². The third-order valence-corrected chi connectivity index (χ3v) is 3.87. The lowest BCUT2D eigenvalue weighted by Crippen LogP contribution is -2.38. The van der Waals surface area contributed by atoms with Gasteiger partial charge in [-0.3, -0.25) is 9.69 Å². The summed E-state index contributed by atoms with van der Waals surface area (Å²) in [5.74, 6) is -0.136. The van der Waals surface area contributed by atoms with E-state index in [4.69, 9.17) is 4.74 Å². The van der Waals surface area contributed by atoms with Gasteiger partial charge in [0.25, 0.3) is 5.91 Å². The Labute approximate surface area is 131 Å². The first kappa shape index (κ1) is 16.9. The van der Waals surface area contributed by atoms with E-state index in [1.807, 2.05) is 12.1 Å². The van der Waals surface area contributed by atoms with Crippen molar-refractivity contribution in [3.05, 3.63) is 29.6 Å². The average Bonchev–Trinajstić information content (AvgIpc) is 2.69. The van der Waals surface area contributed by atoms with Crippen molar-refractivity contribution in [1.29, 1.82) is 0 Å². The molecule has 1 aromatic heterocycles. The molecule has 6 nitrogen and oxygen atoms in total. The zero-order chi connectivity index (χ0) is 16.1. The number of rotatable bonds is 4. The van der Waals surface area contributed by atoms with E-state index >= 15 is 0 Å². The van der Waals surface area contributed by atoms with Gasteiger partial charge in [-0.25, -0.2) is 4.98 Å². The standard InChI is InChI=1S/C16H25N3O3/c1-12(2)18-7-8-19(10-14(20)9-18)16(21)15-6-4-5-13(17-15)11-22-3/h4-6,12,14,20H,7-11H2,1-3H3/t14-/m0/s1. The van der Waals surface area contributed by atoms with E-state index < -0.39 is 6.10 Å². The predicted octanol–water partition coefficient (Wildman–Crippen LogP) is 0.755. The number of methoxy groups -OCH3 is 1. The van der Waals surface area contributed by atoms with Crippen LogP contribution in [0.3, 0.4) is 0 Å². The number of aliphatic hydroxyl groups is 1. The summed E-state index contributed by atoms with van der Waals surface area (Å²) in [6, 6.07) is 5.70. The van der Waals surface area contributed by atoms with Crippen LogP contribution in [0.25, 0.3) is 0 Å². The molecule has 1 aliphatic rings. The number of nitrogens with zero attached hydrogens (tertiary/aromatic N) is 3. The van der Waals surface area contributed by atoms with Crippen LogP contribution < -0.4 is 0 Å². The summed E-state index contributed by atoms with van der Waals surface area (Å²) < 4.78 is 5.05. The normalized spacial score (nSPS) is 20.2. The highest BCUT2D eigenvalue weighted by Gasteiger charge is 2.26. The molecule has 0 spiro atoms. The number of aliphatic hydroxyl groups excluding tert-OH is 1. The van der Waals surface area contributed by atoms with Gasteiger partial charge in [0.2, 0.25) is 0 Å². The number of hydrogen-bond donors (Lipinski definition) is 1. The third-order valence-electron chi connectivity index (χ3n) is 3.87. The maximum atomic E-state index is 12.6. The van der Waals surface area contributed by atoms with Crippen LogP contribution in [-0.4, -0.2) is 71.2 Å². The van der Waals surface area contributed by atoms with Gasteiger partial charge in [0.05, 0.1) is 18.4 Å². The monoisotopic (exact) mass is 307 g/mol. The van der Waals surface area contributed by atoms with Crippen molar-refractivity contribution >= 4 is 5.91 Å². The lowest BCUT2D eigenvalue weighted by Gasteiger charge is -2.25. The van der Waals surface area contributed by atoms with Gasteiger partial charge in [-0.2, -0.15) is 0 Å². The highest BCUT2D eigenvalue weighted by atomic mass is 16.5. The zero-order valence-electron chi connectivity index (χ0n) is 13.5. The zero-order valence-corrected chi connectivity index (χ0v) is 13.5. The average molecular weight is 307 g/mol. The molecule has 0 saturated carbocycles. The second kappa shape index (κ2) is 7.67. The van der Waals surface area contributed by atoms with E-state index in [1.165, 1.54) is 0 Å². The number of amides is 1. The number of aromatic nitrogens is 1. The van der Waals surface area contributed by atoms with Gasteiger partial charge in [0.1, 0.15) is 5.69 Å². The van der Waals surface area contributed by atoms with Crippen molar-refractivity contribution in [2.24, 2.45) is 0 Å². The van der Waals surface area contributed by atoms with Gasteiger partial charge in [-0.05, 0) is 26.0 Å². The van der Waals surface area contributed by atoms with Crippen molar-refractivity contribution < 1.29 is 14.6 Å². The summed E-state index contributed by atoms with van der Waals surface area (Å²) in [5.41, 5.74) is 1.13. The highest BCUT2D eigenvalue weighted by molar-refractivity contribution is 5.92. The molecule has 6 heteroatoms. The number of carbonyl (C=O) groups excluding carboxylic acids is 1. The van der Waals surface area contributed by atoms with Gasteiger partial charge >= 0.3 is 0 Å². The quantitative estimate of drug-likeness (QED) is 0.889. The molecule has 0 radical (unpaired) electrons. The smallest absolute Gasteiger partial charge is 0.272 e. The van der Waals surface area contributed by atoms with Crippen molar-refractivity contribution in [2.45, 2.75) is 32.6 Å². The first-order valence-electron chi connectivity index (χ1n) is 7.67. The Balaban J connectivity index is 2.10. The van der Waals surface area contributed by atoms with Gasteiger partial charge in [0.15, 0.2) is 0 Å². The summed E-state index contributed by atoms with van der Waals surface area (Å²) in [4.78, 5) is 20.8. The maximum Gasteiger partial charge on any atom is 0.272 e. The fraction of sp³-hybridized carbons (Fsp3) is 0.625. The number of β-amino-alcohol motifs (C(OH)–C–C–N with tert-alkyl or cyclic N) is 1. The Morgan fingerprint density at radius 3 is 2.86 bits per heavy atom. The topological polar surface area (TPSA) is 65.9 Å². The molecule has 1 aliphatic heterocycles. The first-order valence-corrected chi connectivity index (χ1v) is 7.67. The Hall–Kier alpha value is -1.50. The molecule has 0 bridgehead atoms. The minimum absolute atomic E-state index is 0.136. The summed E-state index contributed by atoms with van der Waals surface area (Å²) in [6.07, 6.45) is -0.531. The molecule has 0 unspecified atom stereocenters. The molecule has 0 aliphatic carbocycles. The summed E-state index contributed by atoms with van der Waals surface area (Å²) in [7, 11) is 1.60. The largest absolute Gasteiger partial charge is 0.390 e. The molecular weight excluding hydrogens is 282 g/mol. The van der Waals surface area contributed by atoms with Crippen LogP contribution in [-0.2, 0) is 11.3 Å². The van der Waals surface area contributed by atoms with Crippen LogP contribution in [0.5, 0.6) is 0 Å². The summed E-state index contributed by atoms with van der Waals surface area (Å²) in [5, 5.41) is 10.1. The van der Waals surface area contributed by atoms with Crippen LogP contribution in [0.4, 0.5) is 0 Å². The molecule has 2 heterocycles. The first-order chi connectivity index (χ1) is 10.5. The molecule has 1 aromatic rings. The van der Waals surface area contributed by atoms with Gasteiger partial charge in [-0.1, -0.05) is 6.07 Å². The second-order valence-corrected chi connectivity index (χ2v) is 5.94. The molecule has 22 heavy (non-hydrogen) atoms. The van der Waals surface area contributed by atoms with Crippen molar-refractivity contribution in [2.75, 3.05) is 33.3 Å². The minimum Gasteiger partial charge on any atom is -0.390 e. The van der Waals surface area contributed by atoms with E-state index in [9.17, 15) is 9.90 Å². The molecule has 1 amide bonds. The fourth-order valence-corrected chi connectivity index (χ4v) is 2.66. The van der Waals surface area contributed by atoms with Crippen LogP contribution >= 0.6 is 0 Å². The lowest BCUT2D eigenvalue weighted by molar-refractivity contribution is 0.0653. The number of ether oxygens (including phenoxy) is 1. The van der Waals surface area contributed by atoms with Crippen LogP contribution in [0.1, 0.15) is 30.0 Å². The molecule has 1 atom stereocenters. The number of hydrogen-bond acceptors (Lipinski definition) is 5. The molecule has 1 saturated heterocycles. The Bertz CT molecular complexity index is 507. The Morgan fingerprint density at radius 1 is 1.41 bits per heavy atom. The van der Waals surface area contributed by atoms with Crippen LogP contribution in [0.15, 0.2) is 18.2 Å². The molecule has 2 rings (SSSR count). The number of carbonyl (C=O) groups is 1. The summed E-state index contributed by atoms with van der Waals surface area (Å²) >= 11 is 0. The Morgan fingerprint density at radius 2 is 2.18 bits per heavy atom. The van der Waals surface area contributed by atoms with E-state index in [2.05, 4.69) is 23.7 Å². The van der Waals surface area contributed by atoms with E-state index in [-0.39, 0.29) is 5.91 Å². The fourth-order valence-electron chi connectivity index (χ4n) is 2.66. The van der Waals surface area contributed by atoms with Gasteiger partial charge < -0.3 is 14.7 Å². The predicted molar refractivity (Wildman–Crippen MR) is 83.6 cm³/mol. The van der Waals surface area contributed by atoms with Crippen molar-refractivity contribution in [1.82, 2.24) is 14.8 Å². The minimum atomic E-state index is -0.531. The summed E-state index contributed by atoms with van der Waals surface area (Å²) in [6.45, 7) is 6.88. The van der Waals surface area contributed by atoms with E-state index in [0.717, 1.165) is 12.2 Å². The number of pyridine rings is 1. The van der Waals surface area contributed by atoms with Gasteiger partial charge in [-0.15, -0.1) is 0 Å². The molecule has 122 valence electrons. The molecule has 0 aromatic carbocycles. The highest BCUT2D eigenvalue weighted by Crippen LogP contribution is 2.11. The molecular formula is C16H25N3O3. The SMILES string of the molecule is COCc1cccc(C(=O)N2CCN(C(C)C)C[C@H](O)C2)n1. The van der Waals surface area contributed by atoms with Crippen LogP contribution in [0, 0.1) is 0 Å². The Kier molecular flexibility index (Phi) is 5.88.